The van der Waals surface area contributed by atoms with Crippen LogP contribution in [0.4, 0.5) is 0 Å². The Morgan fingerprint density at radius 1 is 1.27 bits per heavy atom. The number of carbonyl (C=O) groups excluding carboxylic acids is 1. The van der Waals surface area contributed by atoms with Crippen LogP contribution in [0, 0.1) is 6.92 Å². The number of aryl methyl sites for hydroxylation is 1. The molecule has 114 valence electrons. The number of hydrogen-bond donors (Lipinski definition) is 0. The number of nitrogens with zero attached hydrogens (tertiary/aromatic N) is 1. The van der Waals surface area contributed by atoms with Crippen molar-refractivity contribution >= 4 is 5.78 Å². The third kappa shape index (κ3) is 2.96. The Balaban J connectivity index is 1.86. The maximum Gasteiger partial charge on any atom is 0.170 e. The van der Waals surface area contributed by atoms with Crippen molar-refractivity contribution in [3.8, 4) is 11.5 Å². The third-order valence-electron chi connectivity index (χ3n) is 3.68. The third-order valence-corrected chi connectivity index (χ3v) is 3.68. The van der Waals surface area contributed by atoms with Gasteiger partial charge >= 0.3 is 0 Å². The molecule has 0 aliphatic carbocycles. The highest BCUT2D eigenvalue weighted by atomic mass is 16.5. The van der Waals surface area contributed by atoms with Crippen molar-refractivity contribution in [1.29, 1.82) is 0 Å². The molecule has 22 heavy (non-hydrogen) atoms. The molecule has 0 bridgehead atoms. The number of aromatic nitrogens is 1. The molecule has 3 rings (SSSR count). The van der Waals surface area contributed by atoms with Crippen LogP contribution in [0.3, 0.4) is 0 Å². The lowest BCUT2D eigenvalue weighted by Gasteiger charge is -2.32. The molecule has 0 radical (unpaired) electrons. The zero-order valence-corrected chi connectivity index (χ0v) is 13.1. The minimum Gasteiger partial charge on any atom is -0.489 e. The van der Waals surface area contributed by atoms with Crippen LogP contribution in [0.5, 0.6) is 11.5 Å². The predicted molar refractivity (Wildman–Crippen MR) is 83.4 cm³/mol. The van der Waals surface area contributed by atoms with Gasteiger partial charge in [0.1, 0.15) is 23.7 Å². The highest BCUT2D eigenvalue weighted by Crippen LogP contribution is 2.37. The van der Waals surface area contributed by atoms with Crippen molar-refractivity contribution in [2.45, 2.75) is 39.4 Å². The zero-order valence-electron chi connectivity index (χ0n) is 13.1. The number of fused-ring (bicyclic) bond motifs is 1. The highest BCUT2D eigenvalue weighted by Gasteiger charge is 2.33. The van der Waals surface area contributed by atoms with Gasteiger partial charge in [-0.3, -0.25) is 9.78 Å². The topological polar surface area (TPSA) is 48.4 Å². The molecule has 1 aromatic carbocycles. The quantitative estimate of drug-likeness (QED) is 0.866. The maximum atomic E-state index is 12.3. The molecule has 0 saturated carbocycles. The molecule has 0 saturated heterocycles. The molecule has 1 aromatic heterocycles. The number of ketones is 1. The highest BCUT2D eigenvalue weighted by molar-refractivity contribution is 6.01. The van der Waals surface area contributed by atoms with Gasteiger partial charge in [0, 0.05) is 18.5 Å². The number of rotatable bonds is 3. The largest absolute Gasteiger partial charge is 0.489 e. The second kappa shape index (κ2) is 5.44. The lowest BCUT2D eigenvalue weighted by Crippen LogP contribution is -2.36. The Hall–Kier alpha value is -2.36. The summed E-state index contributed by atoms with van der Waals surface area (Å²) >= 11 is 0. The smallest absolute Gasteiger partial charge is 0.170 e. The summed E-state index contributed by atoms with van der Waals surface area (Å²) in [5, 5.41) is 0. The van der Waals surface area contributed by atoms with Crippen LogP contribution in [0.2, 0.25) is 0 Å². The fourth-order valence-corrected chi connectivity index (χ4v) is 2.70. The molecule has 1 aliphatic heterocycles. The van der Waals surface area contributed by atoms with E-state index in [-0.39, 0.29) is 5.78 Å². The average molecular weight is 297 g/mol. The van der Waals surface area contributed by atoms with Crippen LogP contribution in [0.15, 0.2) is 36.7 Å². The summed E-state index contributed by atoms with van der Waals surface area (Å²) in [5.74, 6) is 1.45. The van der Waals surface area contributed by atoms with E-state index in [9.17, 15) is 4.79 Å². The van der Waals surface area contributed by atoms with Crippen LogP contribution >= 0.6 is 0 Å². The first-order valence-corrected chi connectivity index (χ1v) is 7.33. The van der Waals surface area contributed by atoms with E-state index in [1.165, 1.54) is 0 Å². The van der Waals surface area contributed by atoms with Crippen LogP contribution < -0.4 is 9.47 Å². The number of benzene rings is 1. The second-order valence-corrected chi connectivity index (χ2v) is 6.22. The summed E-state index contributed by atoms with van der Waals surface area (Å²) in [6.45, 7) is 6.22. The first-order chi connectivity index (χ1) is 10.4. The van der Waals surface area contributed by atoms with Crippen molar-refractivity contribution in [2.75, 3.05) is 0 Å². The van der Waals surface area contributed by atoms with E-state index in [2.05, 4.69) is 4.98 Å². The normalized spacial score (nSPS) is 15.9. The fraction of sp³-hybridized carbons (Fsp3) is 0.333. The summed E-state index contributed by atoms with van der Waals surface area (Å²) in [7, 11) is 0. The molecule has 0 amide bonds. The van der Waals surface area contributed by atoms with Gasteiger partial charge in [-0.05, 0) is 50.1 Å². The van der Waals surface area contributed by atoms with Crippen molar-refractivity contribution in [2.24, 2.45) is 0 Å². The summed E-state index contributed by atoms with van der Waals surface area (Å²) in [6, 6.07) is 7.52. The van der Waals surface area contributed by atoms with Crippen molar-refractivity contribution < 1.29 is 14.3 Å². The summed E-state index contributed by atoms with van der Waals surface area (Å²) in [5.41, 5.74) is 2.14. The van der Waals surface area contributed by atoms with Crippen molar-refractivity contribution in [3.05, 3.63) is 53.3 Å². The first-order valence-electron chi connectivity index (χ1n) is 7.33. The number of pyridine rings is 1. The minimum atomic E-state index is -0.472. The number of Topliss-reactive ketones (excluding diaryl/α,β-unsaturated/α-hetero) is 1. The van der Waals surface area contributed by atoms with E-state index in [0.717, 1.165) is 11.1 Å². The standard InChI is InChI=1S/C18H19NO3/c1-12-8-14(21-11-13-4-6-19-7-5-13)9-16-17(12)15(20)10-18(2,3)22-16/h4-9H,10-11H2,1-3H3. The second-order valence-electron chi connectivity index (χ2n) is 6.22. The monoisotopic (exact) mass is 297 g/mol. The van der Waals surface area contributed by atoms with Crippen LogP contribution in [0.25, 0.3) is 0 Å². The van der Waals surface area contributed by atoms with E-state index < -0.39 is 5.60 Å². The van der Waals surface area contributed by atoms with Gasteiger partial charge < -0.3 is 9.47 Å². The molecule has 0 fully saturated rings. The van der Waals surface area contributed by atoms with Crippen LogP contribution in [-0.2, 0) is 6.61 Å². The van der Waals surface area contributed by atoms with E-state index in [4.69, 9.17) is 9.47 Å². The van der Waals surface area contributed by atoms with Gasteiger partial charge in [-0.15, -0.1) is 0 Å². The van der Waals surface area contributed by atoms with Crippen LogP contribution in [0.1, 0.15) is 41.8 Å². The molecule has 4 nitrogen and oxygen atoms in total. The Morgan fingerprint density at radius 3 is 2.73 bits per heavy atom. The summed E-state index contributed by atoms with van der Waals surface area (Å²) in [6.07, 6.45) is 3.88. The van der Waals surface area contributed by atoms with Gasteiger partial charge in [-0.1, -0.05) is 0 Å². The van der Waals surface area contributed by atoms with Gasteiger partial charge in [-0.2, -0.15) is 0 Å². The maximum absolute atomic E-state index is 12.3. The van der Waals surface area contributed by atoms with Gasteiger partial charge in [0.05, 0.1) is 12.0 Å². The van der Waals surface area contributed by atoms with Gasteiger partial charge in [-0.25, -0.2) is 0 Å². The fourth-order valence-electron chi connectivity index (χ4n) is 2.70. The van der Waals surface area contributed by atoms with E-state index >= 15 is 0 Å². The minimum absolute atomic E-state index is 0.129. The Bertz CT molecular complexity index is 708. The van der Waals surface area contributed by atoms with Crippen LogP contribution in [-0.4, -0.2) is 16.4 Å². The summed E-state index contributed by atoms with van der Waals surface area (Å²) in [4.78, 5) is 16.3. The Morgan fingerprint density at radius 2 is 2.00 bits per heavy atom. The molecule has 0 unspecified atom stereocenters. The van der Waals surface area contributed by atoms with Gasteiger partial charge in [0.2, 0.25) is 0 Å². The number of carbonyl (C=O) groups is 1. The molecular formula is C18H19NO3. The van der Waals surface area contributed by atoms with E-state index in [0.29, 0.717) is 30.1 Å². The van der Waals surface area contributed by atoms with Crippen molar-refractivity contribution in [1.82, 2.24) is 4.98 Å². The molecule has 0 atom stereocenters. The molecule has 1 aliphatic rings. The van der Waals surface area contributed by atoms with E-state index in [1.807, 2.05) is 45.0 Å². The molecule has 2 aromatic rings. The molecule has 0 spiro atoms. The first kappa shape index (κ1) is 14.6. The van der Waals surface area contributed by atoms with Gasteiger partial charge in [0.15, 0.2) is 5.78 Å². The number of ether oxygens (including phenoxy) is 2. The zero-order chi connectivity index (χ0) is 15.7. The van der Waals surface area contributed by atoms with Gasteiger partial charge in [0.25, 0.3) is 0 Å². The molecule has 0 N–H and O–H groups in total. The Kier molecular flexibility index (Phi) is 3.61. The summed E-state index contributed by atoms with van der Waals surface area (Å²) < 4.78 is 11.8. The molecule has 4 heteroatoms. The van der Waals surface area contributed by atoms with Crippen molar-refractivity contribution in [3.63, 3.8) is 0 Å². The molecule has 2 heterocycles. The lowest BCUT2D eigenvalue weighted by atomic mass is 9.90. The number of hydrogen-bond acceptors (Lipinski definition) is 4. The van der Waals surface area contributed by atoms with E-state index in [1.54, 1.807) is 12.4 Å². The average Bonchev–Trinajstić information content (AvgIpc) is 2.44. The molecular weight excluding hydrogens is 278 g/mol. The Labute approximate surface area is 130 Å². The lowest BCUT2D eigenvalue weighted by molar-refractivity contribution is 0.0616. The SMILES string of the molecule is Cc1cc(OCc2ccncc2)cc2c1C(=O)CC(C)(C)O2. The predicted octanol–water partition coefficient (Wildman–Crippen LogP) is 3.71.